The molecule has 6 heteroatoms. The molecule has 0 saturated carbocycles. The summed E-state index contributed by atoms with van der Waals surface area (Å²) in [7, 11) is 0. The van der Waals surface area contributed by atoms with E-state index in [1.807, 2.05) is 30.3 Å². The van der Waals surface area contributed by atoms with Crippen molar-refractivity contribution in [2.24, 2.45) is 5.41 Å². The average molecular weight is 386 g/mol. The lowest BCUT2D eigenvalue weighted by molar-refractivity contribution is 0.225. The molecule has 1 atom stereocenters. The van der Waals surface area contributed by atoms with E-state index >= 15 is 0 Å². The van der Waals surface area contributed by atoms with Gasteiger partial charge < -0.3 is 9.73 Å². The quantitative estimate of drug-likeness (QED) is 0.573. The van der Waals surface area contributed by atoms with Gasteiger partial charge in [0.1, 0.15) is 11.3 Å². The summed E-state index contributed by atoms with van der Waals surface area (Å²) in [5.74, 6) is 1.53. The summed E-state index contributed by atoms with van der Waals surface area (Å²) in [6.07, 6.45) is 4.13. The van der Waals surface area contributed by atoms with Crippen LogP contribution in [0.3, 0.4) is 0 Å². The number of aromatic nitrogens is 3. The lowest BCUT2D eigenvalue weighted by Crippen LogP contribution is -2.48. The number of pyridine rings is 1. The molecular weight excluding hydrogens is 364 g/mol. The van der Waals surface area contributed by atoms with Crippen LogP contribution in [0, 0.1) is 5.41 Å². The van der Waals surface area contributed by atoms with Gasteiger partial charge in [-0.15, -0.1) is 0 Å². The highest BCUT2D eigenvalue weighted by Crippen LogP contribution is 2.34. The van der Waals surface area contributed by atoms with Gasteiger partial charge in [-0.05, 0) is 24.3 Å². The van der Waals surface area contributed by atoms with Gasteiger partial charge in [0.05, 0.1) is 5.69 Å². The van der Waals surface area contributed by atoms with Crippen LogP contribution in [-0.4, -0.2) is 20.6 Å². The van der Waals surface area contributed by atoms with Gasteiger partial charge >= 0.3 is 0 Å². The molecule has 0 bridgehead atoms. The fourth-order valence-electron chi connectivity index (χ4n) is 3.97. The van der Waals surface area contributed by atoms with Gasteiger partial charge in [0.25, 0.3) is 5.56 Å². The van der Waals surface area contributed by atoms with Crippen molar-refractivity contribution in [2.45, 2.75) is 32.9 Å². The third-order valence-electron chi connectivity index (χ3n) is 5.68. The fourth-order valence-corrected chi connectivity index (χ4v) is 3.97. The minimum Gasteiger partial charge on any atom is -0.461 e. The van der Waals surface area contributed by atoms with Crippen LogP contribution in [0.1, 0.15) is 19.6 Å². The SMILES string of the molecule is CC1(C)Cn2c(nc(-c3ccncc3)cc2=O)NC1Cc1cc2ccccc2o1. The monoisotopic (exact) mass is 386 g/mol. The van der Waals surface area contributed by atoms with Gasteiger partial charge in [-0.2, -0.15) is 0 Å². The number of hydrogen-bond acceptors (Lipinski definition) is 5. The molecule has 0 amide bonds. The summed E-state index contributed by atoms with van der Waals surface area (Å²) >= 11 is 0. The molecular formula is C23H22N4O2. The molecule has 146 valence electrons. The minimum atomic E-state index is -0.143. The topological polar surface area (TPSA) is 73.0 Å². The molecule has 4 aromatic rings. The Morgan fingerprint density at radius 1 is 1.17 bits per heavy atom. The first kappa shape index (κ1) is 17.7. The summed E-state index contributed by atoms with van der Waals surface area (Å²) in [6.45, 7) is 4.93. The molecule has 1 aliphatic heterocycles. The fraction of sp³-hybridized carbons (Fsp3) is 0.261. The van der Waals surface area contributed by atoms with Crippen molar-refractivity contribution in [2.75, 3.05) is 5.32 Å². The third kappa shape index (κ3) is 3.20. The zero-order chi connectivity index (χ0) is 20.0. The maximum absolute atomic E-state index is 12.8. The molecule has 5 rings (SSSR count). The first-order chi connectivity index (χ1) is 14.0. The highest BCUT2D eigenvalue weighted by atomic mass is 16.3. The number of benzene rings is 1. The maximum atomic E-state index is 12.8. The Morgan fingerprint density at radius 2 is 1.97 bits per heavy atom. The molecule has 0 fully saturated rings. The molecule has 3 aromatic heterocycles. The third-order valence-corrected chi connectivity index (χ3v) is 5.68. The molecule has 0 radical (unpaired) electrons. The first-order valence-electron chi connectivity index (χ1n) is 9.76. The summed E-state index contributed by atoms with van der Waals surface area (Å²) in [4.78, 5) is 21.6. The van der Waals surface area contributed by atoms with E-state index in [0.717, 1.165) is 28.7 Å². The van der Waals surface area contributed by atoms with Gasteiger partial charge in [0.15, 0.2) is 0 Å². The van der Waals surface area contributed by atoms with Gasteiger partial charge in [-0.3, -0.25) is 14.3 Å². The predicted octanol–water partition coefficient (Wildman–Crippen LogP) is 4.11. The van der Waals surface area contributed by atoms with Crippen LogP contribution in [-0.2, 0) is 13.0 Å². The number of nitrogens with zero attached hydrogens (tertiary/aromatic N) is 3. The van der Waals surface area contributed by atoms with E-state index in [4.69, 9.17) is 9.40 Å². The van der Waals surface area contributed by atoms with Crippen LogP contribution in [0.25, 0.3) is 22.2 Å². The number of anilines is 1. The molecule has 0 aliphatic carbocycles. The Balaban J connectivity index is 1.50. The summed E-state index contributed by atoms with van der Waals surface area (Å²) < 4.78 is 7.76. The summed E-state index contributed by atoms with van der Waals surface area (Å²) in [5.41, 5.74) is 2.23. The van der Waals surface area contributed by atoms with Crippen molar-refractivity contribution < 1.29 is 4.42 Å². The largest absolute Gasteiger partial charge is 0.461 e. The number of fused-ring (bicyclic) bond motifs is 2. The number of furan rings is 1. The molecule has 4 heterocycles. The smallest absolute Gasteiger partial charge is 0.255 e. The van der Waals surface area contributed by atoms with Gasteiger partial charge in [-0.25, -0.2) is 4.98 Å². The highest BCUT2D eigenvalue weighted by molar-refractivity contribution is 5.77. The Morgan fingerprint density at radius 3 is 2.76 bits per heavy atom. The second-order valence-electron chi connectivity index (χ2n) is 8.27. The van der Waals surface area contributed by atoms with Crippen molar-refractivity contribution >= 4 is 16.9 Å². The first-order valence-corrected chi connectivity index (χ1v) is 9.76. The van der Waals surface area contributed by atoms with E-state index in [-0.39, 0.29) is 17.0 Å². The molecule has 1 aliphatic rings. The zero-order valence-electron chi connectivity index (χ0n) is 16.4. The second-order valence-corrected chi connectivity index (χ2v) is 8.27. The van der Waals surface area contributed by atoms with Crippen molar-refractivity contribution in [3.63, 3.8) is 0 Å². The Bertz CT molecular complexity index is 1210. The Kier molecular flexibility index (Phi) is 4.01. The lowest BCUT2D eigenvalue weighted by atomic mass is 9.80. The summed E-state index contributed by atoms with van der Waals surface area (Å²) in [6, 6.07) is 15.5. The van der Waals surface area contributed by atoms with E-state index in [9.17, 15) is 4.79 Å². The van der Waals surface area contributed by atoms with Crippen molar-refractivity contribution in [1.29, 1.82) is 0 Å². The summed E-state index contributed by atoms with van der Waals surface area (Å²) in [5, 5.41) is 4.61. The molecule has 29 heavy (non-hydrogen) atoms. The minimum absolute atomic E-state index is 0.0513. The normalized spacial score (nSPS) is 17.7. The standard InChI is InChI=1S/C23H22N4O2/c1-23(2)14-27-21(28)13-18(15-7-9-24-10-8-15)25-22(27)26-20(23)12-17-11-16-5-3-4-6-19(16)29-17/h3-11,13,20H,12,14H2,1-2H3,(H,25,26). The second kappa shape index (κ2) is 6.58. The van der Waals surface area contributed by atoms with Crippen molar-refractivity contribution in [3.8, 4) is 11.3 Å². The highest BCUT2D eigenvalue weighted by Gasteiger charge is 2.37. The van der Waals surface area contributed by atoms with Crippen LogP contribution < -0.4 is 10.9 Å². The Hall–Kier alpha value is -3.41. The number of rotatable bonds is 3. The molecule has 0 saturated heterocycles. The van der Waals surface area contributed by atoms with Crippen LogP contribution in [0.5, 0.6) is 0 Å². The zero-order valence-corrected chi connectivity index (χ0v) is 16.4. The van der Waals surface area contributed by atoms with Gasteiger partial charge in [-0.1, -0.05) is 32.0 Å². The maximum Gasteiger partial charge on any atom is 0.255 e. The van der Waals surface area contributed by atoms with Gasteiger partial charge in [0, 0.05) is 53.8 Å². The van der Waals surface area contributed by atoms with Crippen molar-refractivity contribution in [3.05, 3.63) is 77.0 Å². The van der Waals surface area contributed by atoms with E-state index < -0.39 is 0 Å². The van der Waals surface area contributed by atoms with Crippen molar-refractivity contribution in [1.82, 2.24) is 14.5 Å². The average Bonchev–Trinajstić information content (AvgIpc) is 3.12. The van der Waals surface area contributed by atoms with E-state index in [1.54, 1.807) is 23.0 Å². The van der Waals surface area contributed by atoms with Crippen LogP contribution in [0.15, 0.2) is 70.1 Å². The molecule has 1 aromatic carbocycles. The number of nitrogens with one attached hydrogen (secondary N) is 1. The van der Waals surface area contributed by atoms with E-state index in [1.165, 1.54) is 0 Å². The van der Waals surface area contributed by atoms with Crippen LogP contribution >= 0.6 is 0 Å². The Labute approximate surface area is 168 Å². The molecule has 1 N–H and O–H groups in total. The van der Waals surface area contributed by atoms with Crippen LogP contribution in [0.4, 0.5) is 5.95 Å². The number of hydrogen-bond donors (Lipinski definition) is 1. The molecule has 1 unspecified atom stereocenters. The predicted molar refractivity (Wildman–Crippen MR) is 113 cm³/mol. The van der Waals surface area contributed by atoms with E-state index in [2.05, 4.69) is 36.3 Å². The van der Waals surface area contributed by atoms with E-state index in [0.29, 0.717) is 18.2 Å². The molecule has 6 nitrogen and oxygen atoms in total. The van der Waals surface area contributed by atoms with Gasteiger partial charge in [0.2, 0.25) is 5.95 Å². The molecule has 0 spiro atoms. The number of para-hydroxylation sites is 1. The lowest BCUT2D eigenvalue weighted by Gasteiger charge is -2.40. The van der Waals surface area contributed by atoms with Crippen LogP contribution in [0.2, 0.25) is 0 Å².